The number of nitrogens with one attached hydrogen (secondary N) is 3. The van der Waals surface area contributed by atoms with Crippen LogP contribution >= 0.6 is 0 Å². The zero-order valence-electron chi connectivity index (χ0n) is 33.9. The maximum atomic E-state index is 13.8. The van der Waals surface area contributed by atoms with Gasteiger partial charge in [-0.05, 0) is 52.0 Å². The molecule has 60 heavy (non-hydrogen) atoms. The summed E-state index contributed by atoms with van der Waals surface area (Å²) in [5, 5.41) is 18.1. The van der Waals surface area contributed by atoms with Gasteiger partial charge in [0.15, 0.2) is 5.65 Å². The predicted octanol–water partition coefficient (Wildman–Crippen LogP) is 2.12. The Balaban J connectivity index is 1.24. The second-order valence-corrected chi connectivity index (χ2v) is 14.2. The first-order chi connectivity index (χ1) is 28.9. The summed E-state index contributed by atoms with van der Waals surface area (Å²) < 4.78 is 12.1. The molecule has 1 aliphatic rings. The molecule has 21 heteroatoms. The summed E-state index contributed by atoms with van der Waals surface area (Å²) in [6.07, 6.45) is 5.04. The van der Waals surface area contributed by atoms with Gasteiger partial charge in [0.2, 0.25) is 23.7 Å². The molecule has 0 saturated carbocycles. The Morgan fingerprint density at radius 2 is 1.47 bits per heavy atom. The fourth-order valence-electron chi connectivity index (χ4n) is 7.13. The molecule has 1 saturated heterocycles. The number of benzene rings is 1. The number of aromatic nitrogens is 9. The Kier molecular flexibility index (Phi) is 11.9. The van der Waals surface area contributed by atoms with Crippen molar-refractivity contribution in [3.63, 3.8) is 0 Å². The van der Waals surface area contributed by atoms with Crippen LogP contribution in [-0.2, 0) is 30.9 Å². The molecule has 0 aliphatic carbocycles. The number of aryl methyl sites for hydroxylation is 4. The molecule has 1 fully saturated rings. The first-order valence-corrected chi connectivity index (χ1v) is 19.6. The summed E-state index contributed by atoms with van der Waals surface area (Å²) in [7, 11) is 0. The summed E-state index contributed by atoms with van der Waals surface area (Å²) in [6, 6.07) is 6.48. The Hall–Kier alpha value is -7.13. The van der Waals surface area contributed by atoms with Crippen LogP contribution in [0.3, 0.4) is 0 Å². The van der Waals surface area contributed by atoms with E-state index in [9.17, 15) is 19.2 Å². The second-order valence-electron chi connectivity index (χ2n) is 14.2. The standard InChI is InChI=1S/C39H48N16O5/c1-5-54-29(17-22(3)49-54)36(58)47-38-45-27-19-24(33(41)56)18-26(43-9-12-51-13-15-60-16-14-51)31(27)52(38)10-7-8-11-53-35-28(20-25(21-44-35)34(42)57)46-39(53)48-37(59)32-30(40)23(4)50-55(32)6-2/h7-8,17-21,43H,5-6,9-16,40H2,1-4H3,(H2,41,56)(H2,42,57)(H,45,47,58)(H,46,48,59)/b8-7+. The van der Waals surface area contributed by atoms with Crippen LogP contribution in [0.1, 0.15) is 66.9 Å². The fourth-order valence-corrected chi connectivity index (χ4v) is 7.13. The van der Waals surface area contributed by atoms with Crippen molar-refractivity contribution in [1.29, 1.82) is 0 Å². The van der Waals surface area contributed by atoms with Crippen LogP contribution in [-0.4, -0.2) is 112 Å². The number of nitrogen functional groups attached to an aromatic ring is 1. The summed E-state index contributed by atoms with van der Waals surface area (Å²) in [5.74, 6) is -1.88. The van der Waals surface area contributed by atoms with Crippen LogP contribution in [0.4, 0.5) is 23.3 Å². The molecule has 1 aromatic carbocycles. The van der Waals surface area contributed by atoms with Crippen molar-refractivity contribution in [2.75, 3.05) is 61.1 Å². The molecule has 314 valence electrons. The highest BCUT2D eigenvalue weighted by Gasteiger charge is 2.24. The Morgan fingerprint density at radius 3 is 2.17 bits per heavy atom. The third-order valence-electron chi connectivity index (χ3n) is 10.2. The largest absolute Gasteiger partial charge is 0.395 e. The number of fused-ring (bicyclic) bond motifs is 2. The number of hydrogen-bond donors (Lipinski definition) is 6. The van der Waals surface area contributed by atoms with Gasteiger partial charge in [-0.15, -0.1) is 0 Å². The van der Waals surface area contributed by atoms with Gasteiger partial charge in [0.05, 0.1) is 52.6 Å². The average Bonchev–Trinajstić information content (AvgIpc) is 3.97. The van der Waals surface area contributed by atoms with Gasteiger partial charge in [-0.25, -0.2) is 15.0 Å². The lowest BCUT2D eigenvalue weighted by atomic mass is 10.1. The van der Waals surface area contributed by atoms with Gasteiger partial charge in [-0.2, -0.15) is 10.2 Å². The number of primary amides is 2. The Morgan fingerprint density at radius 1 is 0.817 bits per heavy atom. The molecule has 1 aliphatic heterocycles. The number of carbonyl (C=O) groups excluding carboxylic acids is 4. The van der Waals surface area contributed by atoms with Gasteiger partial charge in [0.1, 0.15) is 16.9 Å². The number of carbonyl (C=O) groups is 4. The number of nitrogens with zero attached hydrogens (tertiary/aromatic N) is 10. The first kappa shape index (κ1) is 41.0. The maximum absolute atomic E-state index is 13.8. The first-order valence-electron chi connectivity index (χ1n) is 19.6. The molecule has 0 bridgehead atoms. The molecule has 0 spiro atoms. The molecule has 0 atom stereocenters. The number of rotatable bonds is 16. The molecule has 0 radical (unpaired) electrons. The molecule has 9 N–H and O–H groups in total. The van der Waals surface area contributed by atoms with E-state index in [0.29, 0.717) is 77.8 Å². The molecule has 6 aromatic rings. The fraction of sp³-hybridized carbons (Fsp3) is 0.359. The van der Waals surface area contributed by atoms with Crippen LogP contribution in [0.2, 0.25) is 0 Å². The van der Waals surface area contributed by atoms with Crippen molar-refractivity contribution >= 4 is 69.1 Å². The number of pyridine rings is 1. The Bertz CT molecular complexity index is 2640. The van der Waals surface area contributed by atoms with Crippen LogP contribution in [0.25, 0.3) is 22.2 Å². The van der Waals surface area contributed by atoms with Crippen molar-refractivity contribution < 1.29 is 23.9 Å². The van der Waals surface area contributed by atoms with E-state index < -0.39 is 23.6 Å². The smallest absolute Gasteiger partial charge is 0.278 e. The predicted molar refractivity (Wildman–Crippen MR) is 225 cm³/mol. The topological polar surface area (TPSA) is 279 Å². The number of anilines is 4. The number of allylic oxidation sites excluding steroid dienone is 2. The second kappa shape index (κ2) is 17.4. The highest BCUT2D eigenvalue weighted by atomic mass is 16.5. The summed E-state index contributed by atoms with van der Waals surface area (Å²) in [6.45, 7) is 12.7. The summed E-state index contributed by atoms with van der Waals surface area (Å²) in [5.41, 5.74) is 22.3. The van der Waals surface area contributed by atoms with E-state index in [-0.39, 0.29) is 47.5 Å². The lowest BCUT2D eigenvalue weighted by Crippen LogP contribution is -2.39. The molecular weight excluding hydrogens is 773 g/mol. The van der Waals surface area contributed by atoms with E-state index in [1.807, 2.05) is 37.5 Å². The molecule has 21 nitrogen and oxygen atoms in total. The van der Waals surface area contributed by atoms with E-state index in [1.54, 1.807) is 34.4 Å². The van der Waals surface area contributed by atoms with E-state index in [0.717, 1.165) is 19.6 Å². The van der Waals surface area contributed by atoms with Crippen LogP contribution < -0.4 is 33.2 Å². The summed E-state index contributed by atoms with van der Waals surface area (Å²) in [4.78, 5) is 68.1. The van der Waals surface area contributed by atoms with Crippen molar-refractivity contribution in [3.05, 3.63) is 76.5 Å². The third-order valence-corrected chi connectivity index (χ3v) is 10.2. The van der Waals surface area contributed by atoms with Crippen molar-refractivity contribution in [3.8, 4) is 0 Å². The van der Waals surface area contributed by atoms with Crippen LogP contribution in [0, 0.1) is 13.8 Å². The van der Waals surface area contributed by atoms with Crippen molar-refractivity contribution in [1.82, 2.24) is 48.5 Å². The molecule has 0 unspecified atom stereocenters. The molecule has 7 rings (SSSR count). The summed E-state index contributed by atoms with van der Waals surface area (Å²) >= 11 is 0. The minimum absolute atomic E-state index is 0.143. The van der Waals surface area contributed by atoms with E-state index in [2.05, 4.69) is 41.0 Å². The normalized spacial score (nSPS) is 13.4. The number of imidazole rings is 2. The van der Waals surface area contributed by atoms with E-state index >= 15 is 0 Å². The number of hydrogen-bond acceptors (Lipinski definition) is 13. The van der Waals surface area contributed by atoms with Crippen molar-refractivity contribution in [2.45, 2.75) is 53.9 Å². The van der Waals surface area contributed by atoms with Gasteiger partial charge >= 0.3 is 0 Å². The third kappa shape index (κ3) is 8.38. The zero-order valence-corrected chi connectivity index (χ0v) is 33.9. The quantitative estimate of drug-likeness (QED) is 0.0765. The van der Waals surface area contributed by atoms with E-state index in [1.165, 1.54) is 16.9 Å². The molecular formula is C39H48N16O5. The lowest BCUT2D eigenvalue weighted by molar-refractivity contribution is 0.0398. The highest BCUT2D eigenvalue weighted by molar-refractivity contribution is 6.07. The van der Waals surface area contributed by atoms with Gasteiger partial charge in [-0.3, -0.25) is 48.6 Å². The van der Waals surface area contributed by atoms with Gasteiger partial charge in [-0.1, -0.05) is 12.2 Å². The van der Waals surface area contributed by atoms with E-state index in [4.69, 9.17) is 26.9 Å². The lowest BCUT2D eigenvalue weighted by Gasteiger charge is -2.26. The number of ether oxygens (including phenoxy) is 1. The minimum Gasteiger partial charge on any atom is -0.395 e. The number of nitrogens with two attached hydrogens (primary N) is 3. The molecule has 4 amide bonds. The SMILES string of the molecule is CCn1nc(C)cc1C(=O)Nc1nc2cc(C(N)=O)cc(NCCN3CCOCC3)c2n1C/C=C/Cn1c(NC(=O)c2c(N)c(C)nn2CC)nc2cc(C(N)=O)cnc21. The van der Waals surface area contributed by atoms with Crippen LogP contribution in [0.15, 0.2) is 42.6 Å². The number of amides is 4. The Labute approximate surface area is 343 Å². The van der Waals surface area contributed by atoms with Gasteiger partial charge in [0.25, 0.3) is 11.8 Å². The molecule has 6 heterocycles. The highest BCUT2D eigenvalue weighted by Crippen LogP contribution is 2.30. The van der Waals surface area contributed by atoms with Gasteiger partial charge < -0.3 is 31.8 Å². The monoisotopic (exact) mass is 820 g/mol. The minimum atomic E-state index is -0.679. The molecule has 5 aromatic heterocycles. The maximum Gasteiger partial charge on any atom is 0.278 e. The zero-order chi connectivity index (χ0) is 42.7. The van der Waals surface area contributed by atoms with Gasteiger partial charge in [0, 0.05) is 64.1 Å². The van der Waals surface area contributed by atoms with Crippen molar-refractivity contribution in [2.24, 2.45) is 11.5 Å². The average molecular weight is 821 g/mol. The number of morpholine rings is 1. The van der Waals surface area contributed by atoms with Crippen LogP contribution in [0.5, 0.6) is 0 Å².